The van der Waals surface area contributed by atoms with Crippen LogP contribution in [0.2, 0.25) is 5.02 Å². The number of hydrogen-bond acceptors (Lipinski definition) is 2. The highest BCUT2D eigenvalue weighted by molar-refractivity contribution is 6.34. The molecule has 0 fully saturated rings. The highest BCUT2D eigenvalue weighted by Crippen LogP contribution is 2.36. The molecule has 3 heteroatoms. The number of nitrogens with one attached hydrogen (secondary N) is 2. The largest absolute Gasteiger partial charge is 0.381 e. The van der Waals surface area contributed by atoms with Crippen molar-refractivity contribution in [3.05, 3.63) is 23.2 Å². The van der Waals surface area contributed by atoms with Crippen molar-refractivity contribution in [3.63, 3.8) is 0 Å². The van der Waals surface area contributed by atoms with Crippen LogP contribution in [-0.2, 0) is 0 Å². The van der Waals surface area contributed by atoms with Crippen LogP contribution in [0.5, 0.6) is 0 Å². The first kappa shape index (κ1) is 9.66. The lowest BCUT2D eigenvalue weighted by Gasteiger charge is -2.37. The van der Waals surface area contributed by atoms with Crippen LogP contribution in [0.1, 0.15) is 20.3 Å². The molecule has 1 heterocycles. The number of para-hydroxylation sites is 1. The van der Waals surface area contributed by atoms with E-state index in [4.69, 9.17) is 11.6 Å². The van der Waals surface area contributed by atoms with E-state index in [1.165, 1.54) is 0 Å². The summed E-state index contributed by atoms with van der Waals surface area (Å²) in [6.07, 6.45) is 1.07. The molecule has 0 saturated carbocycles. The second kappa shape index (κ2) is 3.35. The lowest BCUT2D eigenvalue weighted by Crippen LogP contribution is -2.44. The van der Waals surface area contributed by atoms with E-state index in [2.05, 4.69) is 24.5 Å². The van der Waals surface area contributed by atoms with Gasteiger partial charge < -0.3 is 10.6 Å². The number of benzene rings is 1. The zero-order valence-corrected chi connectivity index (χ0v) is 9.28. The molecule has 1 aromatic rings. The lowest BCUT2D eigenvalue weighted by atomic mass is 9.95. The molecule has 1 aliphatic heterocycles. The van der Waals surface area contributed by atoms with E-state index in [1.54, 1.807) is 0 Å². The first-order valence-electron chi connectivity index (χ1n) is 4.95. The average Bonchev–Trinajstić information content (AvgIpc) is 2.20. The summed E-state index contributed by atoms with van der Waals surface area (Å²) in [7, 11) is 0. The van der Waals surface area contributed by atoms with Gasteiger partial charge in [-0.25, -0.2) is 0 Å². The predicted molar refractivity (Wildman–Crippen MR) is 62.3 cm³/mol. The number of halogens is 1. The standard InChI is InChI=1S/C11H15ClN2/c1-3-11(2)7-13-9-6-4-5-8(12)10(9)14-11/h4-6,13-14H,3,7H2,1-2H3. The molecule has 0 aliphatic carbocycles. The van der Waals surface area contributed by atoms with Crippen LogP contribution < -0.4 is 10.6 Å². The minimum atomic E-state index is 0.109. The smallest absolute Gasteiger partial charge is 0.0770 e. The molecule has 2 nitrogen and oxygen atoms in total. The van der Waals surface area contributed by atoms with E-state index < -0.39 is 0 Å². The van der Waals surface area contributed by atoms with E-state index in [1.807, 2.05) is 18.2 Å². The Hall–Kier alpha value is -0.890. The molecule has 0 bridgehead atoms. The third-order valence-corrected chi connectivity index (χ3v) is 3.20. The number of rotatable bonds is 1. The van der Waals surface area contributed by atoms with E-state index in [9.17, 15) is 0 Å². The molecular weight excluding hydrogens is 196 g/mol. The minimum Gasteiger partial charge on any atom is -0.381 e. The third kappa shape index (κ3) is 1.55. The molecule has 2 rings (SSSR count). The van der Waals surface area contributed by atoms with Gasteiger partial charge in [0, 0.05) is 6.54 Å². The number of anilines is 2. The molecule has 1 aliphatic rings. The average molecular weight is 211 g/mol. The van der Waals surface area contributed by atoms with Crippen LogP contribution in [0.15, 0.2) is 18.2 Å². The summed E-state index contributed by atoms with van der Waals surface area (Å²) in [4.78, 5) is 0. The van der Waals surface area contributed by atoms with Gasteiger partial charge in [0.25, 0.3) is 0 Å². The molecule has 1 atom stereocenters. The molecule has 1 unspecified atom stereocenters. The van der Waals surface area contributed by atoms with Gasteiger partial charge in [0.2, 0.25) is 0 Å². The van der Waals surface area contributed by atoms with Gasteiger partial charge >= 0.3 is 0 Å². The van der Waals surface area contributed by atoms with Crippen LogP contribution in [0.3, 0.4) is 0 Å². The Morgan fingerprint density at radius 2 is 2.29 bits per heavy atom. The fraction of sp³-hybridized carbons (Fsp3) is 0.455. The van der Waals surface area contributed by atoms with Crippen molar-refractivity contribution in [2.75, 3.05) is 17.2 Å². The first-order chi connectivity index (χ1) is 6.64. The highest BCUT2D eigenvalue weighted by Gasteiger charge is 2.27. The summed E-state index contributed by atoms with van der Waals surface area (Å²) < 4.78 is 0. The Bertz CT molecular complexity index is 351. The van der Waals surface area contributed by atoms with Crippen LogP contribution in [0, 0.1) is 0 Å². The van der Waals surface area contributed by atoms with Crippen molar-refractivity contribution in [1.29, 1.82) is 0 Å². The van der Waals surface area contributed by atoms with E-state index in [0.29, 0.717) is 0 Å². The second-order valence-electron chi connectivity index (χ2n) is 4.06. The van der Waals surface area contributed by atoms with Crippen LogP contribution >= 0.6 is 11.6 Å². The van der Waals surface area contributed by atoms with Gasteiger partial charge in [-0.15, -0.1) is 0 Å². The SMILES string of the molecule is CCC1(C)CNc2cccc(Cl)c2N1. The second-order valence-corrected chi connectivity index (χ2v) is 4.46. The Balaban J connectivity index is 2.38. The molecule has 14 heavy (non-hydrogen) atoms. The van der Waals surface area contributed by atoms with Gasteiger partial charge in [-0.3, -0.25) is 0 Å². The Labute approximate surface area is 89.7 Å². The molecule has 0 saturated heterocycles. The summed E-state index contributed by atoms with van der Waals surface area (Å²) >= 11 is 6.12. The van der Waals surface area contributed by atoms with Crippen LogP contribution in [0.25, 0.3) is 0 Å². The molecule has 0 spiro atoms. The van der Waals surface area contributed by atoms with Crippen molar-refractivity contribution < 1.29 is 0 Å². The van der Waals surface area contributed by atoms with Gasteiger partial charge in [-0.2, -0.15) is 0 Å². The fourth-order valence-corrected chi connectivity index (χ4v) is 1.87. The highest BCUT2D eigenvalue weighted by atomic mass is 35.5. The topological polar surface area (TPSA) is 24.1 Å². The summed E-state index contributed by atoms with van der Waals surface area (Å²) in [6, 6.07) is 5.92. The van der Waals surface area contributed by atoms with Crippen LogP contribution in [0.4, 0.5) is 11.4 Å². The first-order valence-corrected chi connectivity index (χ1v) is 5.33. The fourth-order valence-electron chi connectivity index (χ4n) is 1.65. The Kier molecular flexibility index (Phi) is 2.31. The number of hydrogen-bond donors (Lipinski definition) is 2. The third-order valence-electron chi connectivity index (χ3n) is 2.89. The van der Waals surface area contributed by atoms with Gasteiger partial charge in [-0.1, -0.05) is 24.6 Å². The van der Waals surface area contributed by atoms with Crippen molar-refractivity contribution in [3.8, 4) is 0 Å². The van der Waals surface area contributed by atoms with E-state index in [-0.39, 0.29) is 5.54 Å². The van der Waals surface area contributed by atoms with Crippen molar-refractivity contribution in [2.24, 2.45) is 0 Å². The maximum Gasteiger partial charge on any atom is 0.0770 e. The van der Waals surface area contributed by atoms with E-state index in [0.717, 1.165) is 29.4 Å². The Morgan fingerprint density at radius 3 is 3.00 bits per heavy atom. The molecule has 76 valence electrons. The normalized spacial score (nSPS) is 24.8. The maximum atomic E-state index is 6.12. The molecule has 2 N–H and O–H groups in total. The summed E-state index contributed by atoms with van der Waals surface area (Å²) in [5.74, 6) is 0. The number of fused-ring (bicyclic) bond motifs is 1. The molecule has 0 amide bonds. The molecule has 0 radical (unpaired) electrons. The van der Waals surface area contributed by atoms with E-state index >= 15 is 0 Å². The zero-order chi connectivity index (χ0) is 10.2. The lowest BCUT2D eigenvalue weighted by molar-refractivity contribution is 0.514. The van der Waals surface area contributed by atoms with Crippen molar-refractivity contribution in [1.82, 2.24) is 0 Å². The van der Waals surface area contributed by atoms with Crippen LogP contribution in [-0.4, -0.2) is 12.1 Å². The molecule has 0 aromatic heterocycles. The minimum absolute atomic E-state index is 0.109. The van der Waals surface area contributed by atoms with Gasteiger partial charge in [0.1, 0.15) is 0 Å². The van der Waals surface area contributed by atoms with Gasteiger partial charge in [0.15, 0.2) is 0 Å². The Morgan fingerprint density at radius 1 is 1.50 bits per heavy atom. The summed E-state index contributed by atoms with van der Waals surface area (Å²) in [5.41, 5.74) is 2.24. The van der Waals surface area contributed by atoms with Crippen molar-refractivity contribution in [2.45, 2.75) is 25.8 Å². The monoisotopic (exact) mass is 210 g/mol. The molecule has 1 aromatic carbocycles. The maximum absolute atomic E-state index is 6.12. The predicted octanol–water partition coefficient (Wildman–Crippen LogP) is 3.35. The van der Waals surface area contributed by atoms with Gasteiger partial charge in [0.05, 0.1) is 21.9 Å². The molecular formula is C11H15ClN2. The zero-order valence-electron chi connectivity index (χ0n) is 8.52. The van der Waals surface area contributed by atoms with Crippen molar-refractivity contribution >= 4 is 23.0 Å². The quantitative estimate of drug-likeness (QED) is 0.743. The van der Waals surface area contributed by atoms with Gasteiger partial charge in [-0.05, 0) is 25.5 Å². The summed E-state index contributed by atoms with van der Waals surface area (Å²) in [6.45, 7) is 5.32. The summed E-state index contributed by atoms with van der Waals surface area (Å²) in [5, 5.41) is 7.68.